The number of nitrogens with zero attached hydrogens (tertiary/aromatic N) is 1. The summed E-state index contributed by atoms with van der Waals surface area (Å²) in [6.45, 7) is 3.91. The van der Waals surface area contributed by atoms with Gasteiger partial charge in [-0.25, -0.2) is 12.7 Å². The summed E-state index contributed by atoms with van der Waals surface area (Å²) in [4.78, 5) is 23.5. The molecule has 0 saturated heterocycles. The summed E-state index contributed by atoms with van der Waals surface area (Å²) in [5, 5.41) is 5.43. The van der Waals surface area contributed by atoms with Crippen LogP contribution in [0.4, 0.5) is 11.4 Å². The van der Waals surface area contributed by atoms with Gasteiger partial charge >= 0.3 is 0 Å². The number of benzene rings is 2. The van der Waals surface area contributed by atoms with Crippen molar-refractivity contribution < 1.29 is 18.0 Å². The molecule has 0 aliphatic carbocycles. The maximum absolute atomic E-state index is 12.5. The number of carbonyl (C=O) groups is 2. The van der Waals surface area contributed by atoms with Gasteiger partial charge in [0.1, 0.15) is 0 Å². The molecule has 0 atom stereocenters. The molecule has 2 aromatic rings. The lowest BCUT2D eigenvalue weighted by atomic mass is 10.1. The molecular weight excluding hydrogens is 390 g/mol. The second-order valence-electron chi connectivity index (χ2n) is 6.81. The summed E-state index contributed by atoms with van der Waals surface area (Å²) >= 11 is 0. The first-order valence-corrected chi connectivity index (χ1v) is 10.9. The Morgan fingerprint density at radius 2 is 1.48 bits per heavy atom. The van der Waals surface area contributed by atoms with Crippen LogP contribution in [-0.2, 0) is 26.0 Å². The fourth-order valence-corrected chi connectivity index (χ4v) is 3.90. The minimum absolute atomic E-state index is 0.155. The van der Waals surface area contributed by atoms with Crippen LogP contribution in [0.15, 0.2) is 53.4 Å². The lowest BCUT2D eigenvalue weighted by Crippen LogP contribution is -2.27. The van der Waals surface area contributed by atoms with Gasteiger partial charge in [-0.15, -0.1) is 0 Å². The van der Waals surface area contributed by atoms with Crippen molar-refractivity contribution >= 4 is 33.2 Å². The molecule has 0 aliphatic heterocycles. The Labute approximate surface area is 172 Å². The molecule has 156 valence electrons. The van der Waals surface area contributed by atoms with Crippen LogP contribution in [-0.4, -0.2) is 38.1 Å². The molecule has 0 aliphatic rings. The third-order valence-corrected chi connectivity index (χ3v) is 6.18. The van der Waals surface area contributed by atoms with E-state index in [2.05, 4.69) is 10.6 Å². The van der Waals surface area contributed by atoms with Gasteiger partial charge in [0.05, 0.1) is 11.3 Å². The molecule has 0 radical (unpaired) electrons. The Bertz CT molecular complexity index is 939. The molecule has 8 heteroatoms. The van der Waals surface area contributed by atoms with Crippen molar-refractivity contribution in [3.8, 4) is 0 Å². The molecule has 2 rings (SSSR count). The third kappa shape index (κ3) is 6.69. The molecule has 2 amide bonds. The molecule has 2 N–H and O–H groups in total. The zero-order valence-corrected chi connectivity index (χ0v) is 17.8. The van der Waals surface area contributed by atoms with E-state index in [1.807, 2.05) is 6.92 Å². The number of unbranched alkanes of at least 4 members (excludes halogenated alkanes) is 1. The van der Waals surface area contributed by atoms with E-state index in [1.165, 1.54) is 23.4 Å². The summed E-state index contributed by atoms with van der Waals surface area (Å²) in [7, 11) is -1.96. The number of anilines is 2. The average Bonchev–Trinajstić information content (AvgIpc) is 2.67. The summed E-state index contributed by atoms with van der Waals surface area (Å²) < 4.78 is 26.4. The lowest BCUT2D eigenvalue weighted by Gasteiger charge is -2.17. The lowest BCUT2D eigenvalue weighted by molar-refractivity contribution is -0.116. The van der Waals surface area contributed by atoms with E-state index in [0.717, 1.165) is 18.4 Å². The van der Waals surface area contributed by atoms with Gasteiger partial charge in [0.2, 0.25) is 21.8 Å². The first kappa shape index (κ1) is 22.6. The fraction of sp³-hybridized carbons (Fsp3) is 0.333. The molecule has 7 nitrogen and oxygen atoms in total. The SMILES string of the molecule is CCCCN(C)S(=O)(=O)c1ccc(NC(=O)Cc2ccc(NC(C)=O)cc2)cc1. The second kappa shape index (κ2) is 10.2. The molecule has 0 fully saturated rings. The predicted molar refractivity (Wildman–Crippen MR) is 114 cm³/mol. The molecule has 0 spiro atoms. The highest BCUT2D eigenvalue weighted by Gasteiger charge is 2.20. The van der Waals surface area contributed by atoms with E-state index >= 15 is 0 Å². The quantitative estimate of drug-likeness (QED) is 0.655. The Kier molecular flexibility index (Phi) is 7.92. The molecule has 0 bridgehead atoms. The van der Waals surface area contributed by atoms with Crippen molar-refractivity contribution in [3.63, 3.8) is 0 Å². The number of rotatable bonds is 9. The minimum Gasteiger partial charge on any atom is -0.326 e. The first-order chi connectivity index (χ1) is 13.7. The molecule has 29 heavy (non-hydrogen) atoms. The number of nitrogens with one attached hydrogen (secondary N) is 2. The highest BCUT2D eigenvalue weighted by Crippen LogP contribution is 2.18. The van der Waals surface area contributed by atoms with E-state index in [9.17, 15) is 18.0 Å². The van der Waals surface area contributed by atoms with Crippen molar-refractivity contribution in [1.82, 2.24) is 4.31 Å². The Morgan fingerprint density at radius 3 is 2.03 bits per heavy atom. The van der Waals surface area contributed by atoms with Crippen LogP contribution in [0.25, 0.3) is 0 Å². The highest BCUT2D eigenvalue weighted by atomic mass is 32.2. The number of hydrogen-bond acceptors (Lipinski definition) is 4. The summed E-state index contributed by atoms with van der Waals surface area (Å²) in [5.41, 5.74) is 2.00. The van der Waals surface area contributed by atoms with E-state index in [4.69, 9.17) is 0 Å². The van der Waals surface area contributed by atoms with Gasteiger partial charge in [0.15, 0.2) is 0 Å². The van der Waals surface area contributed by atoms with E-state index in [-0.39, 0.29) is 23.1 Å². The molecule has 0 aromatic heterocycles. The van der Waals surface area contributed by atoms with Crippen molar-refractivity contribution in [1.29, 1.82) is 0 Å². The maximum Gasteiger partial charge on any atom is 0.242 e. The van der Waals surface area contributed by atoms with Gasteiger partial charge in [0, 0.05) is 31.9 Å². The van der Waals surface area contributed by atoms with Crippen molar-refractivity contribution in [2.24, 2.45) is 0 Å². The maximum atomic E-state index is 12.5. The van der Waals surface area contributed by atoms with Gasteiger partial charge in [-0.3, -0.25) is 9.59 Å². The molecule has 0 heterocycles. The second-order valence-corrected chi connectivity index (χ2v) is 8.85. The van der Waals surface area contributed by atoms with E-state index < -0.39 is 10.0 Å². The van der Waals surface area contributed by atoms with Gasteiger partial charge in [-0.2, -0.15) is 0 Å². The largest absolute Gasteiger partial charge is 0.326 e. The molecule has 2 aromatic carbocycles. The summed E-state index contributed by atoms with van der Waals surface area (Å²) in [6, 6.07) is 13.2. The van der Waals surface area contributed by atoms with Crippen LogP contribution in [0.2, 0.25) is 0 Å². The fourth-order valence-electron chi connectivity index (χ4n) is 2.69. The van der Waals surface area contributed by atoms with Crippen molar-refractivity contribution in [3.05, 3.63) is 54.1 Å². The normalized spacial score (nSPS) is 11.3. The van der Waals surface area contributed by atoms with E-state index in [0.29, 0.717) is 17.9 Å². The van der Waals surface area contributed by atoms with Gasteiger partial charge in [0.25, 0.3) is 0 Å². The van der Waals surface area contributed by atoms with Crippen molar-refractivity contribution in [2.45, 2.75) is 38.0 Å². The van der Waals surface area contributed by atoms with Crippen LogP contribution in [0.3, 0.4) is 0 Å². The smallest absolute Gasteiger partial charge is 0.242 e. The standard InChI is InChI=1S/C21H27N3O4S/c1-4-5-14-24(3)29(27,28)20-12-10-19(11-13-20)23-21(26)15-17-6-8-18(9-7-17)22-16(2)25/h6-13H,4-5,14-15H2,1-3H3,(H,22,25)(H,23,26). The zero-order chi connectivity index (χ0) is 21.4. The number of amides is 2. The monoisotopic (exact) mass is 417 g/mol. The van der Waals surface area contributed by atoms with E-state index in [1.54, 1.807) is 43.4 Å². The van der Waals surface area contributed by atoms with Crippen LogP contribution in [0, 0.1) is 0 Å². The van der Waals surface area contributed by atoms with Crippen molar-refractivity contribution in [2.75, 3.05) is 24.2 Å². The molecular formula is C21H27N3O4S. The molecule has 0 unspecified atom stereocenters. The Morgan fingerprint density at radius 1 is 0.931 bits per heavy atom. The van der Waals surface area contributed by atoms with Crippen LogP contribution in [0.1, 0.15) is 32.3 Å². The minimum atomic E-state index is -3.53. The average molecular weight is 418 g/mol. The summed E-state index contributed by atoms with van der Waals surface area (Å²) in [5.74, 6) is -0.370. The van der Waals surface area contributed by atoms with Crippen LogP contribution in [0.5, 0.6) is 0 Å². The number of sulfonamides is 1. The zero-order valence-electron chi connectivity index (χ0n) is 16.9. The first-order valence-electron chi connectivity index (χ1n) is 9.45. The van der Waals surface area contributed by atoms with Gasteiger partial charge < -0.3 is 10.6 Å². The highest BCUT2D eigenvalue weighted by molar-refractivity contribution is 7.89. The number of carbonyl (C=O) groups excluding carboxylic acids is 2. The third-order valence-electron chi connectivity index (χ3n) is 4.31. The van der Waals surface area contributed by atoms with Gasteiger partial charge in [-0.1, -0.05) is 25.5 Å². The summed E-state index contributed by atoms with van der Waals surface area (Å²) in [6.07, 6.45) is 1.89. The number of hydrogen-bond donors (Lipinski definition) is 2. The molecule has 0 saturated carbocycles. The topological polar surface area (TPSA) is 95.6 Å². The van der Waals surface area contributed by atoms with Crippen LogP contribution < -0.4 is 10.6 Å². The van der Waals surface area contributed by atoms with Gasteiger partial charge in [-0.05, 0) is 48.4 Å². The Hall–Kier alpha value is -2.71. The van der Waals surface area contributed by atoms with Crippen LogP contribution >= 0.6 is 0 Å². The Balaban J connectivity index is 1.96. The predicted octanol–water partition coefficient (Wildman–Crippen LogP) is 3.25.